The standard InChI is InChI=1S/C33H38FN7O2/c1-21-17-23(22-8-11-35-12-9-22)6-7-25(21)27-18-26(31(34)32-28(27)19-29(37-32)33(43)39(2)3)24-5-4-14-40(20-24)30(42)10-15-41-16-13-36-38-41/h5-7,13,16-19,22,35,37H,4,8-12,14-15,20H2,1-3H3. The summed E-state index contributed by atoms with van der Waals surface area (Å²) in [4.78, 5) is 32.4. The number of halogens is 1. The summed E-state index contributed by atoms with van der Waals surface area (Å²) in [7, 11) is 3.36. The van der Waals surface area contributed by atoms with Gasteiger partial charge >= 0.3 is 0 Å². The van der Waals surface area contributed by atoms with E-state index in [0.717, 1.165) is 48.2 Å². The molecule has 224 valence electrons. The predicted molar refractivity (Wildman–Crippen MR) is 165 cm³/mol. The summed E-state index contributed by atoms with van der Waals surface area (Å²) in [5.74, 6) is -0.119. The molecule has 43 heavy (non-hydrogen) atoms. The third-order valence-electron chi connectivity index (χ3n) is 8.72. The average Bonchev–Trinajstić information content (AvgIpc) is 3.71. The van der Waals surface area contributed by atoms with Crippen LogP contribution in [0.5, 0.6) is 0 Å². The number of fused-ring (bicyclic) bond motifs is 1. The average molecular weight is 584 g/mol. The number of rotatable bonds is 7. The minimum Gasteiger partial charge on any atom is -0.348 e. The van der Waals surface area contributed by atoms with Gasteiger partial charge in [-0.05, 0) is 85.2 Å². The predicted octanol–water partition coefficient (Wildman–Crippen LogP) is 4.75. The molecule has 2 amide bonds. The lowest BCUT2D eigenvalue weighted by Crippen LogP contribution is -2.36. The molecule has 4 aromatic rings. The number of aromatic nitrogens is 4. The molecule has 0 radical (unpaired) electrons. The lowest BCUT2D eigenvalue weighted by molar-refractivity contribution is -0.131. The van der Waals surface area contributed by atoms with Gasteiger partial charge in [0.05, 0.1) is 18.3 Å². The van der Waals surface area contributed by atoms with E-state index in [1.807, 2.05) is 12.1 Å². The molecule has 0 unspecified atom stereocenters. The number of hydrogen-bond donors (Lipinski definition) is 2. The molecule has 2 aromatic carbocycles. The van der Waals surface area contributed by atoms with Crippen molar-refractivity contribution in [2.45, 2.75) is 45.1 Å². The maximum absolute atomic E-state index is 16.4. The van der Waals surface area contributed by atoms with Gasteiger partial charge in [-0.2, -0.15) is 0 Å². The Morgan fingerprint density at radius 3 is 2.63 bits per heavy atom. The Morgan fingerprint density at radius 1 is 1.09 bits per heavy atom. The van der Waals surface area contributed by atoms with Crippen LogP contribution in [0.3, 0.4) is 0 Å². The first kappa shape index (κ1) is 28.8. The second kappa shape index (κ2) is 12.1. The van der Waals surface area contributed by atoms with Gasteiger partial charge in [0.2, 0.25) is 5.91 Å². The molecule has 2 aromatic heterocycles. The monoisotopic (exact) mass is 583 g/mol. The summed E-state index contributed by atoms with van der Waals surface area (Å²) in [5.41, 5.74) is 6.16. The van der Waals surface area contributed by atoms with Crippen LogP contribution >= 0.6 is 0 Å². The summed E-state index contributed by atoms with van der Waals surface area (Å²) in [5, 5.41) is 11.8. The molecule has 4 heterocycles. The van der Waals surface area contributed by atoms with Crippen molar-refractivity contribution < 1.29 is 14.0 Å². The second-order valence-corrected chi connectivity index (χ2v) is 11.8. The normalized spacial score (nSPS) is 16.0. The van der Waals surface area contributed by atoms with Gasteiger partial charge in [-0.25, -0.2) is 4.39 Å². The minimum absolute atomic E-state index is 0.00843. The Labute approximate surface area is 250 Å². The van der Waals surface area contributed by atoms with Gasteiger partial charge in [0.1, 0.15) is 5.69 Å². The molecule has 0 bridgehead atoms. The number of nitrogens with zero attached hydrogens (tertiary/aromatic N) is 5. The van der Waals surface area contributed by atoms with E-state index >= 15 is 4.39 Å². The van der Waals surface area contributed by atoms with Crippen LogP contribution in [0, 0.1) is 12.7 Å². The van der Waals surface area contributed by atoms with E-state index in [1.54, 1.807) is 42.1 Å². The summed E-state index contributed by atoms with van der Waals surface area (Å²) < 4.78 is 18.0. The molecule has 10 heteroatoms. The van der Waals surface area contributed by atoms with Crippen molar-refractivity contribution in [1.82, 2.24) is 35.1 Å². The third kappa shape index (κ3) is 5.84. The van der Waals surface area contributed by atoms with Gasteiger partial charge in [0, 0.05) is 50.8 Å². The van der Waals surface area contributed by atoms with Gasteiger partial charge in [-0.1, -0.05) is 29.5 Å². The maximum Gasteiger partial charge on any atom is 0.269 e. The van der Waals surface area contributed by atoms with Crippen LogP contribution in [-0.4, -0.2) is 81.9 Å². The lowest BCUT2D eigenvalue weighted by Gasteiger charge is -2.28. The summed E-state index contributed by atoms with van der Waals surface area (Å²) in [6.45, 7) is 5.48. The molecule has 9 nitrogen and oxygen atoms in total. The Bertz CT molecular complexity index is 1680. The number of aryl methyl sites for hydroxylation is 2. The zero-order chi connectivity index (χ0) is 30.1. The van der Waals surface area contributed by atoms with E-state index in [4.69, 9.17) is 0 Å². The summed E-state index contributed by atoms with van der Waals surface area (Å²) >= 11 is 0. The lowest BCUT2D eigenvalue weighted by atomic mass is 9.86. The van der Waals surface area contributed by atoms with E-state index in [1.165, 1.54) is 10.5 Å². The molecule has 0 aliphatic carbocycles. The third-order valence-corrected chi connectivity index (χ3v) is 8.72. The quantitative estimate of drug-likeness (QED) is 0.327. The van der Waals surface area contributed by atoms with Crippen molar-refractivity contribution in [2.24, 2.45) is 0 Å². The topological polar surface area (TPSA) is 99.1 Å². The van der Waals surface area contributed by atoms with Crippen molar-refractivity contribution in [3.63, 3.8) is 0 Å². The van der Waals surface area contributed by atoms with Crippen LogP contribution in [0.1, 0.15) is 58.8 Å². The van der Waals surface area contributed by atoms with Gasteiger partial charge in [0.15, 0.2) is 5.82 Å². The number of amides is 2. The van der Waals surface area contributed by atoms with Crippen molar-refractivity contribution in [2.75, 3.05) is 40.3 Å². The van der Waals surface area contributed by atoms with Crippen molar-refractivity contribution in [3.8, 4) is 11.1 Å². The van der Waals surface area contributed by atoms with Gasteiger partial charge in [-0.15, -0.1) is 5.10 Å². The highest BCUT2D eigenvalue weighted by atomic mass is 19.1. The zero-order valence-electron chi connectivity index (χ0n) is 25.0. The van der Waals surface area contributed by atoms with Crippen LogP contribution in [0.25, 0.3) is 27.6 Å². The van der Waals surface area contributed by atoms with Gasteiger partial charge in [-0.3, -0.25) is 14.3 Å². The van der Waals surface area contributed by atoms with Crippen LogP contribution in [0.2, 0.25) is 0 Å². The number of aromatic amines is 1. The van der Waals surface area contributed by atoms with E-state index < -0.39 is 5.82 Å². The molecule has 2 N–H and O–H groups in total. The van der Waals surface area contributed by atoms with Crippen molar-refractivity contribution in [1.29, 1.82) is 0 Å². The number of carbonyl (C=O) groups is 2. The molecule has 2 aliphatic heterocycles. The fourth-order valence-corrected chi connectivity index (χ4v) is 6.34. The minimum atomic E-state index is -0.413. The van der Waals surface area contributed by atoms with E-state index in [0.29, 0.717) is 60.6 Å². The molecular formula is C33H38FN7O2. The van der Waals surface area contributed by atoms with Crippen LogP contribution in [-0.2, 0) is 11.3 Å². The fourth-order valence-electron chi connectivity index (χ4n) is 6.34. The van der Waals surface area contributed by atoms with Crippen LogP contribution < -0.4 is 5.32 Å². The number of H-pyrrole nitrogens is 1. The van der Waals surface area contributed by atoms with Crippen molar-refractivity contribution >= 4 is 28.3 Å². The van der Waals surface area contributed by atoms with E-state index in [2.05, 4.69) is 45.7 Å². The first-order valence-electron chi connectivity index (χ1n) is 15.0. The number of piperidine rings is 1. The number of nitrogens with one attached hydrogen (secondary N) is 2. The highest BCUT2D eigenvalue weighted by Gasteiger charge is 2.26. The summed E-state index contributed by atoms with van der Waals surface area (Å²) in [6.07, 6.45) is 8.49. The molecule has 0 saturated carbocycles. The van der Waals surface area contributed by atoms with Gasteiger partial charge in [0.25, 0.3) is 5.91 Å². The molecule has 6 rings (SSSR count). The Kier molecular flexibility index (Phi) is 8.12. The smallest absolute Gasteiger partial charge is 0.269 e. The molecule has 0 spiro atoms. The van der Waals surface area contributed by atoms with E-state index in [-0.39, 0.29) is 11.8 Å². The molecular weight excluding hydrogens is 545 g/mol. The molecule has 2 aliphatic rings. The first-order chi connectivity index (χ1) is 20.8. The van der Waals surface area contributed by atoms with Crippen LogP contribution in [0.15, 0.2) is 48.8 Å². The zero-order valence-corrected chi connectivity index (χ0v) is 25.0. The van der Waals surface area contributed by atoms with Crippen molar-refractivity contribution in [3.05, 3.63) is 77.0 Å². The van der Waals surface area contributed by atoms with E-state index in [9.17, 15) is 9.59 Å². The first-order valence-corrected chi connectivity index (χ1v) is 15.0. The largest absolute Gasteiger partial charge is 0.348 e. The highest BCUT2D eigenvalue weighted by Crippen LogP contribution is 2.39. The number of hydrogen-bond acceptors (Lipinski definition) is 5. The number of carbonyl (C=O) groups excluding carboxylic acids is 2. The molecule has 0 atom stereocenters. The summed E-state index contributed by atoms with van der Waals surface area (Å²) in [6, 6.07) is 10.3. The second-order valence-electron chi connectivity index (χ2n) is 11.8. The fraction of sp³-hybridized carbons (Fsp3) is 0.394. The molecule has 1 fully saturated rings. The highest BCUT2D eigenvalue weighted by molar-refractivity contribution is 6.05. The Morgan fingerprint density at radius 2 is 1.91 bits per heavy atom. The van der Waals surface area contributed by atoms with Crippen LogP contribution in [0.4, 0.5) is 4.39 Å². The Hall–Kier alpha value is -4.31. The number of benzene rings is 2. The Balaban J connectivity index is 1.38. The van der Waals surface area contributed by atoms with Gasteiger partial charge < -0.3 is 20.1 Å². The maximum atomic E-state index is 16.4. The molecule has 1 saturated heterocycles. The SMILES string of the molecule is Cc1cc(C2CCNCC2)ccc1-c1cc(C2=CCCN(C(=O)CCn3ccnn3)C2)c(F)c2[nH]c(C(=O)N(C)C)cc12.